The van der Waals surface area contributed by atoms with Gasteiger partial charge in [-0.25, -0.2) is 4.39 Å². The largest absolute Gasteiger partial charge is 0.256 e. The van der Waals surface area contributed by atoms with Crippen molar-refractivity contribution < 1.29 is 4.39 Å². The maximum atomic E-state index is 13.0. The van der Waals surface area contributed by atoms with Gasteiger partial charge in [-0.1, -0.05) is 49.4 Å². The molecule has 2 aromatic carbocycles. The van der Waals surface area contributed by atoms with Crippen molar-refractivity contribution in [1.82, 2.24) is 4.98 Å². The van der Waals surface area contributed by atoms with Gasteiger partial charge in [0.15, 0.2) is 0 Å². The van der Waals surface area contributed by atoms with Gasteiger partial charge in [-0.15, -0.1) is 11.3 Å². The van der Waals surface area contributed by atoms with Gasteiger partial charge in [0.2, 0.25) is 0 Å². The van der Waals surface area contributed by atoms with Crippen LogP contribution >= 0.6 is 11.3 Å². The molecular weight excluding hydrogens is 341 g/mol. The maximum absolute atomic E-state index is 13.0. The highest BCUT2D eigenvalue weighted by Crippen LogP contribution is 2.30. The SMILES string of the molecule is CCc1ccc(-c2ccc(-c3ccc(-c4ccc(F)cc4)cn3)cc2)s1. The summed E-state index contributed by atoms with van der Waals surface area (Å²) in [7, 11) is 0. The van der Waals surface area contributed by atoms with Crippen LogP contribution in [0, 0.1) is 5.82 Å². The maximum Gasteiger partial charge on any atom is 0.123 e. The first-order chi connectivity index (χ1) is 12.7. The molecule has 4 rings (SSSR count). The Labute approximate surface area is 156 Å². The van der Waals surface area contributed by atoms with E-state index in [0.29, 0.717) is 0 Å². The van der Waals surface area contributed by atoms with Gasteiger partial charge in [0.05, 0.1) is 5.69 Å². The van der Waals surface area contributed by atoms with Gasteiger partial charge in [0.1, 0.15) is 5.82 Å². The number of halogens is 1. The second kappa shape index (κ2) is 7.22. The van der Waals surface area contributed by atoms with Crippen molar-refractivity contribution in [2.24, 2.45) is 0 Å². The van der Waals surface area contributed by atoms with Crippen molar-refractivity contribution in [3.63, 3.8) is 0 Å². The first kappa shape index (κ1) is 16.7. The second-order valence-electron chi connectivity index (χ2n) is 6.14. The zero-order valence-corrected chi connectivity index (χ0v) is 15.3. The third-order valence-electron chi connectivity index (χ3n) is 4.42. The normalized spacial score (nSPS) is 10.8. The van der Waals surface area contributed by atoms with Gasteiger partial charge in [0, 0.05) is 27.1 Å². The summed E-state index contributed by atoms with van der Waals surface area (Å²) in [6, 6.07) is 23.4. The van der Waals surface area contributed by atoms with Crippen LogP contribution in [0.25, 0.3) is 32.8 Å². The Balaban J connectivity index is 1.56. The molecule has 26 heavy (non-hydrogen) atoms. The lowest BCUT2D eigenvalue weighted by Gasteiger charge is -2.05. The Morgan fingerprint density at radius 3 is 2.00 bits per heavy atom. The number of benzene rings is 2. The highest BCUT2D eigenvalue weighted by Gasteiger charge is 2.05. The van der Waals surface area contributed by atoms with E-state index in [-0.39, 0.29) is 5.82 Å². The Morgan fingerprint density at radius 2 is 1.38 bits per heavy atom. The van der Waals surface area contributed by atoms with Crippen molar-refractivity contribution >= 4 is 11.3 Å². The third-order valence-corrected chi connectivity index (χ3v) is 5.69. The van der Waals surface area contributed by atoms with Crippen LogP contribution < -0.4 is 0 Å². The molecule has 0 bridgehead atoms. The molecule has 0 fully saturated rings. The standard InChI is InChI=1S/C23H18FNS/c1-2-21-12-14-23(26-21)18-5-3-17(4-6-18)22-13-9-19(15-25-22)16-7-10-20(24)11-8-16/h3-15H,2H2,1H3. The van der Waals surface area contributed by atoms with Crippen LogP contribution in [0.4, 0.5) is 4.39 Å². The van der Waals surface area contributed by atoms with Gasteiger partial charge in [-0.2, -0.15) is 0 Å². The molecule has 2 aromatic heterocycles. The smallest absolute Gasteiger partial charge is 0.123 e. The van der Waals surface area contributed by atoms with E-state index in [0.717, 1.165) is 28.8 Å². The molecule has 0 aliphatic rings. The van der Waals surface area contributed by atoms with Crippen molar-refractivity contribution in [3.8, 4) is 32.8 Å². The summed E-state index contributed by atoms with van der Waals surface area (Å²) >= 11 is 1.85. The summed E-state index contributed by atoms with van der Waals surface area (Å²) in [5.41, 5.74) is 5.21. The van der Waals surface area contributed by atoms with Gasteiger partial charge < -0.3 is 0 Å². The van der Waals surface area contributed by atoms with Crippen LogP contribution in [0.1, 0.15) is 11.8 Å². The quantitative estimate of drug-likeness (QED) is 0.388. The van der Waals surface area contributed by atoms with E-state index >= 15 is 0 Å². The van der Waals surface area contributed by atoms with E-state index in [1.165, 1.54) is 27.5 Å². The number of hydrogen-bond acceptors (Lipinski definition) is 2. The highest BCUT2D eigenvalue weighted by molar-refractivity contribution is 7.15. The topological polar surface area (TPSA) is 12.9 Å². The van der Waals surface area contributed by atoms with Crippen LogP contribution in [0.3, 0.4) is 0 Å². The van der Waals surface area contributed by atoms with Crippen LogP contribution in [0.5, 0.6) is 0 Å². The number of aryl methyl sites for hydroxylation is 1. The minimum atomic E-state index is -0.227. The van der Waals surface area contributed by atoms with Crippen molar-refractivity contribution in [2.75, 3.05) is 0 Å². The predicted octanol–water partition coefficient (Wildman–Crippen LogP) is 6.85. The van der Waals surface area contributed by atoms with E-state index in [9.17, 15) is 4.39 Å². The Kier molecular flexibility index (Phi) is 4.63. The van der Waals surface area contributed by atoms with Gasteiger partial charge >= 0.3 is 0 Å². The molecule has 0 amide bonds. The van der Waals surface area contributed by atoms with Crippen molar-refractivity contribution in [1.29, 1.82) is 0 Å². The van der Waals surface area contributed by atoms with Crippen LogP contribution in [-0.4, -0.2) is 4.98 Å². The molecule has 0 spiro atoms. The van der Waals surface area contributed by atoms with E-state index in [2.05, 4.69) is 48.3 Å². The average Bonchev–Trinajstić information content (AvgIpc) is 3.18. The molecule has 0 saturated heterocycles. The molecule has 0 N–H and O–H groups in total. The number of pyridine rings is 1. The predicted molar refractivity (Wildman–Crippen MR) is 108 cm³/mol. The molecule has 2 heterocycles. The summed E-state index contributed by atoms with van der Waals surface area (Å²) in [5, 5.41) is 0. The molecule has 0 atom stereocenters. The van der Waals surface area contributed by atoms with Crippen LogP contribution in [0.2, 0.25) is 0 Å². The lowest BCUT2D eigenvalue weighted by atomic mass is 10.0. The summed E-state index contributed by atoms with van der Waals surface area (Å²) in [4.78, 5) is 7.28. The van der Waals surface area contributed by atoms with Crippen molar-refractivity contribution in [2.45, 2.75) is 13.3 Å². The monoisotopic (exact) mass is 359 g/mol. The van der Waals surface area contributed by atoms with Gasteiger partial charge in [-0.3, -0.25) is 4.98 Å². The van der Waals surface area contributed by atoms with E-state index < -0.39 is 0 Å². The third kappa shape index (κ3) is 3.44. The fourth-order valence-electron chi connectivity index (χ4n) is 2.91. The molecular formula is C23H18FNS. The molecule has 4 aromatic rings. The molecule has 0 aliphatic heterocycles. The fraction of sp³-hybridized carbons (Fsp3) is 0.0870. The molecule has 0 aliphatic carbocycles. The molecule has 1 nitrogen and oxygen atoms in total. The number of thiophene rings is 1. The number of nitrogens with zero attached hydrogens (tertiary/aromatic N) is 1. The minimum absolute atomic E-state index is 0.227. The van der Waals surface area contributed by atoms with Gasteiger partial charge in [0.25, 0.3) is 0 Å². The molecule has 0 unspecified atom stereocenters. The zero-order valence-electron chi connectivity index (χ0n) is 14.4. The molecule has 0 saturated carbocycles. The summed E-state index contributed by atoms with van der Waals surface area (Å²) in [5.74, 6) is -0.227. The molecule has 3 heteroatoms. The average molecular weight is 359 g/mol. The van der Waals surface area contributed by atoms with Crippen molar-refractivity contribution in [3.05, 3.63) is 89.7 Å². The Hall–Kier alpha value is -2.78. The Morgan fingerprint density at radius 1 is 0.731 bits per heavy atom. The first-order valence-electron chi connectivity index (χ1n) is 8.64. The van der Waals surface area contributed by atoms with E-state index in [4.69, 9.17) is 0 Å². The molecule has 128 valence electrons. The second-order valence-corrected chi connectivity index (χ2v) is 7.30. The van der Waals surface area contributed by atoms with E-state index in [1.54, 1.807) is 12.1 Å². The van der Waals surface area contributed by atoms with Crippen LogP contribution in [-0.2, 0) is 6.42 Å². The summed E-state index contributed by atoms with van der Waals surface area (Å²) < 4.78 is 13.0. The zero-order chi connectivity index (χ0) is 17.9. The molecule has 0 radical (unpaired) electrons. The first-order valence-corrected chi connectivity index (χ1v) is 9.46. The number of rotatable bonds is 4. The highest BCUT2D eigenvalue weighted by atomic mass is 32.1. The number of hydrogen-bond donors (Lipinski definition) is 0. The van der Waals surface area contributed by atoms with Gasteiger partial charge in [-0.05, 0) is 47.9 Å². The minimum Gasteiger partial charge on any atom is -0.256 e. The van der Waals surface area contributed by atoms with E-state index in [1.807, 2.05) is 29.7 Å². The lowest BCUT2D eigenvalue weighted by Crippen LogP contribution is -1.86. The number of aromatic nitrogens is 1. The fourth-order valence-corrected chi connectivity index (χ4v) is 3.86. The summed E-state index contributed by atoms with van der Waals surface area (Å²) in [6.45, 7) is 2.18. The van der Waals surface area contributed by atoms with Crippen LogP contribution in [0.15, 0.2) is 79.0 Å². The Bertz CT molecular complexity index is 1000. The lowest BCUT2D eigenvalue weighted by molar-refractivity contribution is 0.628. The summed E-state index contributed by atoms with van der Waals surface area (Å²) in [6.07, 6.45) is 2.91.